The highest BCUT2D eigenvalue weighted by molar-refractivity contribution is 7.89. The van der Waals surface area contributed by atoms with Crippen molar-refractivity contribution in [3.8, 4) is 0 Å². The second kappa shape index (κ2) is 8.66. The number of rotatable bonds is 5. The van der Waals surface area contributed by atoms with Crippen LogP contribution in [0.4, 0.5) is 8.78 Å². The van der Waals surface area contributed by atoms with Gasteiger partial charge in [0.2, 0.25) is 10.0 Å². The number of amides is 1. The molecule has 1 amide bonds. The predicted octanol–water partition coefficient (Wildman–Crippen LogP) is 1.65. The molecule has 0 N–H and O–H groups in total. The monoisotopic (exact) mass is 424 g/mol. The lowest BCUT2D eigenvalue weighted by atomic mass is 10.2. The molecule has 1 fully saturated rings. The van der Waals surface area contributed by atoms with Crippen molar-refractivity contribution < 1.29 is 31.5 Å². The summed E-state index contributed by atoms with van der Waals surface area (Å²) in [4.78, 5) is 25.6. The second-order valence-corrected chi connectivity index (χ2v) is 8.21. The van der Waals surface area contributed by atoms with Gasteiger partial charge in [-0.25, -0.2) is 22.0 Å². The number of sulfonamides is 1. The Labute approximate surface area is 166 Å². The topological polar surface area (TPSA) is 84.0 Å². The largest absolute Gasteiger partial charge is 0.452 e. The predicted molar refractivity (Wildman–Crippen MR) is 98.4 cm³/mol. The van der Waals surface area contributed by atoms with Gasteiger partial charge in [-0.15, -0.1) is 0 Å². The van der Waals surface area contributed by atoms with E-state index in [1.807, 2.05) is 0 Å². The Hall–Kier alpha value is -2.85. The number of carbonyl (C=O) groups is 2. The first kappa shape index (κ1) is 20.9. The number of benzene rings is 2. The van der Waals surface area contributed by atoms with Gasteiger partial charge in [-0.1, -0.05) is 24.3 Å². The van der Waals surface area contributed by atoms with Crippen LogP contribution in [0.2, 0.25) is 0 Å². The minimum absolute atomic E-state index is 0.0822. The number of carbonyl (C=O) groups excluding carboxylic acids is 2. The number of hydrogen-bond acceptors (Lipinski definition) is 5. The van der Waals surface area contributed by atoms with Crippen LogP contribution in [0.15, 0.2) is 53.4 Å². The average molecular weight is 424 g/mol. The van der Waals surface area contributed by atoms with Crippen molar-refractivity contribution in [1.82, 2.24) is 9.21 Å². The SMILES string of the molecule is O=C(OCC(=O)N1CCN(S(=O)(=O)c2ccccc2)CC1)c1c(F)cccc1F. The quantitative estimate of drug-likeness (QED) is 0.682. The van der Waals surface area contributed by atoms with Gasteiger partial charge in [0.1, 0.15) is 17.2 Å². The van der Waals surface area contributed by atoms with Gasteiger partial charge in [-0.3, -0.25) is 4.79 Å². The highest BCUT2D eigenvalue weighted by Crippen LogP contribution is 2.17. The normalized spacial score (nSPS) is 15.2. The van der Waals surface area contributed by atoms with Gasteiger partial charge in [0.05, 0.1) is 4.90 Å². The number of esters is 1. The van der Waals surface area contributed by atoms with E-state index in [-0.39, 0.29) is 31.1 Å². The Bertz CT molecular complexity index is 986. The zero-order valence-corrected chi connectivity index (χ0v) is 16.1. The molecule has 0 saturated carbocycles. The Balaban J connectivity index is 1.55. The van der Waals surface area contributed by atoms with Crippen molar-refractivity contribution in [2.75, 3.05) is 32.8 Å². The van der Waals surface area contributed by atoms with Crippen LogP contribution in [0.5, 0.6) is 0 Å². The molecule has 7 nitrogen and oxygen atoms in total. The molecule has 154 valence electrons. The average Bonchev–Trinajstić information content (AvgIpc) is 2.72. The van der Waals surface area contributed by atoms with E-state index in [2.05, 4.69) is 0 Å². The molecule has 0 aliphatic carbocycles. The van der Waals surface area contributed by atoms with Crippen LogP contribution in [0, 0.1) is 11.6 Å². The smallest absolute Gasteiger partial charge is 0.344 e. The molecule has 0 unspecified atom stereocenters. The third-order valence-corrected chi connectivity index (χ3v) is 6.38. The fourth-order valence-electron chi connectivity index (χ4n) is 2.90. The summed E-state index contributed by atoms with van der Waals surface area (Å²) in [6.07, 6.45) is 0. The number of hydrogen-bond donors (Lipinski definition) is 0. The lowest BCUT2D eigenvalue weighted by molar-refractivity contribution is -0.135. The summed E-state index contributed by atoms with van der Waals surface area (Å²) >= 11 is 0. The minimum atomic E-state index is -3.66. The Kier molecular flexibility index (Phi) is 6.23. The Morgan fingerprint density at radius 1 is 0.897 bits per heavy atom. The van der Waals surface area contributed by atoms with E-state index in [9.17, 15) is 26.8 Å². The maximum atomic E-state index is 13.6. The van der Waals surface area contributed by atoms with E-state index in [4.69, 9.17) is 4.74 Å². The summed E-state index contributed by atoms with van der Waals surface area (Å²) in [5.41, 5.74) is -0.862. The lowest BCUT2D eigenvalue weighted by Crippen LogP contribution is -2.51. The fourth-order valence-corrected chi connectivity index (χ4v) is 4.35. The third kappa shape index (κ3) is 4.60. The molecule has 2 aromatic carbocycles. The van der Waals surface area contributed by atoms with Crippen molar-refractivity contribution in [3.05, 3.63) is 65.7 Å². The van der Waals surface area contributed by atoms with Crippen molar-refractivity contribution >= 4 is 21.9 Å². The van der Waals surface area contributed by atoms with E-state index in [1.54, 1.807) is 18.2 Å². The van der Waals surface area contributed by atoms with E-state index < -0.39 is 45.7 Å². The molecule has 3 rings (SSSR count). The molecule has 29 heavy (non-hydrogen) atoms. The summed E-state index contributed by atoms with van der Waals surface area (Å²) in [5, 5.41) is 0. The van der Waals surface area contributed by atoms with Crippen LogP contribution in [-0.2, 0) is 19.6 Å². The molecular formula is C19H18F2N2O5S. The first-order valence-electron chi connectivity index (χ1n) is 8.75. The van der Waals surface area contributed by atoms with E-state index >= 15 is 0 Å². The van der Waals surface area contributed by atoms with Gasteiger partial charge >= 0.3 is 5.97 Å². The standard InChI is InChI=1S/C19H18F2N2O5S/c20-15-7-4-8-16(21)18(15)19(25)28-13-17(24)22-9-11-23(12-10-22)29(26,27)14-5-2-1-3-6-14/h1-8H,9-13H2. The molecule has 0 radical (unpaired) electrons. The Morgan fingerprint density at radius 2 is 1.48 bits per heavy atom. The minimum Gasteiger partial charge on any atom is -0.452 e. The fraction of sp³-hybridized carbons (Fsp3) is 0.263. The number of halogens is 2. The van der Waals surface area contributed by atoms with E-state index in [0.717, 1.165) is 18.2 Å². The molecule has 0 spiro atoms. The summed E-state index contributed by atoms with van der Waals surface area (Å²) in [7, 11) is -3.66. The zero-order valence-electron chi connectivity index (χ0n) is 15.3. The molecular weight excluding hydrogens is 406 g/mol. The van der Waals surface area contributed by atoms with Crippen LogP contribution in [0.1, 0.15) is 10.4 Å². The first-order chi connectivity index (χ1) is 13.8. The lowest BCUT2D eigenvalue weighted by Gasteiger charge is -2.33. The molecule has 0 atom stereocenters. The summed E-state index contributed by atoms with van der Waals surface area (Å²) < 4.78 is 58.3. The molecule has 10 heteroatoms. The number of nitrogens with zero attached hydrogens (tertiary/aromatic N) is 2. The molecule has 1 aliphatic rings. The Morgan fingerprint density at radius 3 is 2.07 bits per heavy atom. The van der Waals surface area contributed by atoms with E-state index in [0.29, 0.717) is 0 Å². The zero-order chi connectivity index (χ0) is 21.0. The number of ether oxygens (including phenoxy) is 1. The van der Waals surface area contributed by atoms with Crippen molar-refractivity contribution in [1.29, 1.82) is 0 Å². The van der Waals surface area contributed by atoms with Gasteiger partial charge in [-0.05, 0) is 24.3 Å². The first-order valence-corrected chi connectivity index (χ1v) is 10.2. The maximum Gasteiger partial charge on any atom is 0.344 e. The summed E-state index contributed by atoms with van der Waals surface area (Å²) in [5.74, 6) is -4.02. The van der Waals surface area contributed by atoms with Crippen LogP contribution in [-0.4, -0.2) is 62.3 Å². The van der Waals surface area contributed by atoms with Gasteiger partial charge in [-0.2, -0.15) is 4.31 Å². The summed E-state index contributed by atoms with van der Waals surface area (Å²) in [6, 6.07) is 10.9. The van der Waals surface area contributed by atoms with Crippen molar-refractivity contribution in [2.24, 2.45) is 0 Å². The summed E-state index contributed by atoms with van der Waals surface area (Å²) in [6.45, 7) is -0.317. The maximum absolute atomic E-state index is 13.6. The highest BCUT2D eigenvalue weighted by Gasteiger charge is 2.30. The molecule has 0 aromatic heterocycles. The van der Waals surface area contributed by atoms with Gasteiger partial charge < -0.3 is 9.64 Å². The van der Waals surface area contributed by atoms with Crippen LogP contribution < -0.4 is 0 Å². The third-order valence-electron chi connectivity index (χ3n) is 4.47. The number of piperazine rings is 1. The van der Waals surface area contributed by atoms with E-state index in [1.165, 1.54) is 21.3 Å². The highest BCUT2D eigenvalue weighted by atomic mass is 32.2. The molecule has 1 saturated heterocycles. The van der Waals surface area contributed by atoms with Gasteiger partial charge in [0.15, 0.2) is 6.61 Å². The second-order valence-electron chi connectivity index (χ2n) is 6.27. The molecule has 2 aromatic rings. The molecule has 1 aliphatic heterocycles. The van der Waals surface area contributed by atoms with Crippen molar-refractivity contribution in [3.63, 3.8) is 0 Å². The van der Waals surface area contributed by atoms with Crippen LogP contribution >= 0.6 is 0 Å². The van der Waals surface area contributed by atoms with Gasteiger partial charge in [0, 0.05) is 26.2 Å². The molecule has 1 heterocycles. The van der Waals surface area contributed by atoms with Crippen LogP contribution in [0.3, 0.4) is 0 Å². The van der Waals surface area contributed by atoms with Gasteiger partial charge in [0.25, 0.3) is 5.91 Å². The van der Waals surface area contributed by atoms with Crippen LogP contribution in [0.25, 0.3) is 0 Å². The molecule has 0 bridgehead atoms. The van der Waals surface area contributed by atoms with Crippen molar-refractivity contribution in [2.45, 2.75) is 4.90 Å².